The zero-order valence-electron chi connectivity index (χ0n) is 13.2. The van der Waals surface area contributed by atoms with Gasteiger partial charge in [0, 0.05) is 5.92 Å². The summed E-state index contributed by atoms with van der Waals surface area (Å²) in [5.74, 6) is 0.189. The lowest BCUT2D eigenvalue weighted by molar-refractivity contribution is -0.134. The molecule has 0 aliphatic heterocycles. The van der Waals surface area contributed by atoms with Gasteiger partial charge < -0.3 is 4.74 Å². The Labute approximate surface area is 131 Å². The van der Waals surface area contributed by atoms with Gasteiger partial charge in [0.1, 0.15) is 5.75 Å². The molecule has 0 heterocycles. The van der Waals surface area contributed by atoms with Crippen molar-refractivity contribution in [1.29, 1.82) is 0 Å². The number of benzene rings is 1. The van der Waals surface area contributed by atoms with Crippen LogP contribution in [-0.2, 0) is 9.59 Å². The van der Waals surface area contributed by atoms with Gasteiger partial charge in [0.15, 0.2) is 6.10 Å². The number of ether oxygens (including phenoxy) is 1. The van der Waals surface area contributed by atoms with Crippen molar-refractivity contribution < 1.29 is 14.3 Å². The highest BCUT2D eigenvalue weighted by molar-refractivity contribution is 5.85. The number of hydrogen-bond donors (Lipinski definition) is 2. The van der Waals surface area contributed by atoms with Crippen LogP contribution in [-0.4, -0.2) is 17.9 Å². The van der Waals surface area contributed by atoms with E-state index in [1.807, 2.05) is 31.2 Å². The van der Waals surface area contributed by atoms with E-state index < -0.39 is 6.10 Å². The Balaban J connectivity index is 1.76. The van der Waals surface area contributed by atoms with Crippen molar-refractivity contribution in [2.24, 2.45) is 5.92 Å². The number of hydrogen-bond acceptors (Lipinski definition) is 3. The molecule has 1 aliphatic rings. The van der Waals surface area contributed by atoms with Gasteiger partial charge in [-0.25, -0.2) is 0 Å². The third-order valence-electron chi connectivity index (χ3n) is 3.99. The summed E-state index contributed by atoms with van der Waals surface area (Å²) in [7, 11) is 0. The lowest BCUT2D eigenvalue weighted by atomic mass is 9.89. The topological polar surface area (TPSA) is 67.4 Å². The molecule has 1 saturated carbocycles. The molecule has 1 aliphatic carbocycles. The fraction of sp³-hybridized carbons (Fsp3) is 0.529. The Kier molecular flexibility index (Phi) is 5.81. The standard InChI is InChI=1S/C17H24N2O3/c1-12-8-10-15(11-9-12)22-13(2)16(20)18-19-17(21)14-6-4-3-5-7-14/h8-11,13-14H,3-7H2,1-2H3,(H,18,20)(H,19,21). The molecule has 1 aromatic carbocycles. The van der Waals surface area contributed by atoms with Crippen LogP contribution in [0.2, 0.25) is 0 Å². The minimum atomic E-state index is -0.672. The molecule has 0 radical (unpaired) electrons. The van der Waals surface area contributed by atoms with Crippen molar-refractivity contribution >= 4 is 11.8 Å². The first-order chi connectivity index (χ1) is 10.6. The molecule has 22 heavy (non-hydrogen) atoms. The van der Waals surface area contributed by atoms with Crippen LogP contribution >= 0.6 is 0 Å². The predicted octanol–water partition coefficient (Wildman–Crippen LogP) is 2.49. The Morgan fingerprint density at radius 3 is 2.36 bits per heavy atom. The highest BCUT2D eigenvalue weighted by Gasteiger charge is 2.22. The van der Waals surface area contributed by atoms with Crippen LogP contribution in [0.15, 0.2) is 24.3 Å². The van der Waals surface area contributed by atoms with Gasteiger partial charge in [0.25, 0.3) is 5.91 Å². The Morgan fingerprint density at radius 2 is 1.73 bits per heavy atom. The van der Waals surface area contributed by atoms with E-state index in [9.17, 15) is 9.59 Å². The van der Waals surface area contributed by atoms with Crippen LogP contribution in [0.25, 0.3) is 0 Å². The molecule has 0 saturated heterocycles. The van der Waals surface area contributed by atoms with Crippen LogP contribution in [0.4, 0.5) is 0 Å². The molecule has 2 rings (SSSR count). The van der Waals surface area contributed by atoms with Crippen molar-refractivity contribution in [3.05, 3.63) is 29.8 Å². The third kappa shape index (κ3) is 4.76. The minimum Gasteiger partial charge on any atom is -0.481 e. The first-order valence-corrected chi connectivity index (χ1v) is 7.89. The average Bonchev–Trinajstić information content (AvgIpc) is 2.55. The highest BCUT2D eigenvalue weighted by Crippen LogP contribution is 2.23. The van der Waals surface area contributed by atoms with E-state index in [0.717, 1.165) is 31.2 Å². The van der Waals surface area contributed by atoms with Crippen molar-refractivity contribution in [3.8, 4) is 5.75 Å². The lowest BCUT2D eigenvalue weighted by Crippen LogP contribution is -2.49. The van der Waals surface area contributed by atoms with Crippen molar-refractivity contribution in [1.82, 2.24) is 10.9 Å². The zero-order chi connectivity index (χ0) is 15.9. The highest BCUT2D eigenvalue weighted by atomic mass is 16.5. The second kappa shape index (κ2) is 7.82. The quantitative estimate of drug-likeness (QED) is 0.840. The Morgan fingerprint density at radius 1 is 1.09 bits per heavy atom. The minimum absolute atomic E-state index is 0.0161. The van der Waals surface area contributed by atoms with Gasteiger partial charge in [-0.15, -0.1) is 0 Å². The summed E-state index contributed by atoms with van der Waals surface area (Å²) in [6, 6.07) is 7.48. The number of aryl methyl sites for hydroxylation is 1. The first-order valence-electron chi connectivity index (χ1n) is 7.89. The van der Waals surface area contributed by atoms with Crippen LogP contribution in [0.3, 0.4) is 0 Å². The molecule has 0 aromatic heterocycles. The van der Waals surface area contributed by atoms with Crippen LogP contribution < -0.4 is 15.6 Å². The molecule has 2 N–H and O–H groups in total. The Bertz CT molecular complexity index is 507. The molecule has 5 nitrogen and oxygen atoms in total. The normalized spacial score (nSPS) is 16.6. The fourth-order valence-corrected chi connectivity index (χ4v) is 2.57. The van der Waals surface area contributed by atoms with Gasteiger partial charge >= 0.3 is 0 Å². The molecule has 120 valence electrons. The number of nitrogens with one attached hydrogen (secondary N) is 2. The van der Waals surface area contributed by atoms with Crippen LogP contribution in [0, 0.1) is 12.8 Å². The zero-order valence-corrected chi connectivity index (χ0v) is 13.2. The van der Waals surface area contributed by atoms with Gasteiger partial charge in [-0.2, -0.15) is 0 Å². The first kappa shape index (κ1) is 16.3. The molecular weight excluding hydrogens is 280 g/mol. The average molecular weight is 304 g/mol. The van der Waals surface area contributed by atoms with Crippen molar-refractivity contribution in [3.63, 3.8) is 0 Å². The van der Waals surface area contributed by atoms with E-state index >= 15 is 0 Å². The van der Waals surface area contributed by atoms with Crippen LogP contribution in [0.5, 0.6) is 5.75 Å². The van der Waals surface area contributed by atoms with Gasteiger partial charge in [0.2, 0.25) is 5.91 Å². The largest absolute Gasteiger partial charge is 0.481 e. The molecule has 1 atom stereocenters. The van der Waals surface area contributed by atoms with Gasteiger partial charge in [-0.1, -0.05) is 37.0 Å². The number of carbonyl (C=O) groups is 2. The molecule has 0 spiro atoms. The number of amides is 2. The lowest BCUT2D eigenvalue weighted by Gasteiger charge is -2.21. The summed E-state index contributed by atoms with van der Waals surface area (Å²) in [4.78, 5) is 23.9. The van der Waals surface area contributed by atoms with E-state index in [-0.39, 0.29) is 17.7 Å². The summed E-state index contributed by atoms with van der Waals surface area (Å²) in [6.45, 7) is 3.64. The maximum Gasteiger partial charge on any atom is 0.279 e. The summed E-state index contributed by atoms with van der Waals surface area (Å²) in [6.07, 6.45) is 4.48. The number of carbonyl (C=O) groups excluding carboxylic acids is 2. The van der Waals surface area contributed by atoms with Gasteiger partial charge in [-0.05, 0) is 38.8 Å². The van der Waals surface area contributed by atoms with E-state index in [1.165, 1.54) is 6.42 Å². The number of hydrazine groups is 1. The van der Waals surface area contributed by atoms with Crippen LogP contribution in [0.1, 0.15) is 44.6 Å². The molecule has 1 unspecified atom stereocenters. The predicted molar refractivity (Wildman–Crippen MR) is 84.1 cm³/mol. The molecule has 2 amide bonds. The number of rotatable bonds is 4. The van der Waals surface area contributed by atoms with E-state index in [2.05, 4.69) is 10.9 Å². The second-order valence-electron chi connectivity index (χ2n) is 5.89. The Hall–Kier alpha value is -2.04. The van der Waals surface area contributed by atoms with Gasteiger partial charge in [-0.3, -0.25) is 20.4 Å². The van der Waals surface area contributed by atoms with E-state index in [0.29, 0.717) is 5.75 Å². The van der Waals surface area contributed by atoms with Crippen molar-refractivity contribution in [2.45, 2.75) is 52.1 Å². The summed E-state index contributed by atoms with van der Waals surface area (Å²) in [5.41, 5.74) is 6.09. The van der Waals surface area contributed by atoms with Crippen molar-refractivity contribution in [2.75, 3.05) is 0 Å². The molecule has 1 fully saturated rings. The monoisotopic (exact) mass is 304 g/mol. The smallest absolute Gasteiger partial charge is 0.279 e. The molecular formula is C17H24N2O3. The fourth-order valence-electron chi connectivity index (χ4n) is 2.57. The van der Waals surface area contributed by atoms with Gasteiger partial charge in [0.05, 0.1) is 0 Å². The molecule has 1 aromatic rings. The summed E-state index contributed by atoms with van der Waals surface area (Å²) < 4.78 is 5.55. The van der Waals surface area contributed by atoms with E-state index in [1.54, 1.807) is 6.92 Å². The summed E-state index contributed by atoms with van der Waals surface area (Å²) >= 11 is 0. The SMILES string of the molecule is Cc1ccc(OC(C)C(=O)NNC(=O)C2CCCCC2)cc1. The molecule has 0 bridgehead atoms. The summed E-state index contributed by atoms with van der Waals surface area (Å²) in [5, 5.41) is 0. The molecule has 5 heteroatoms. The second-order valence-corrected chi connectivity index (χ2v) is 5.89. The maximum absolute atomic E-state index is 12.0. The third-order valence-corrected chi connectivity index (χ3v) is 3.99. The maximum atomic E-state index is 12.0. The van der Waals surface area contributed by atoms with E-state index in [4.69, 9.17) is 4.74 Å².